The van der Waals surface area contributed by atoms with E-state index in [2.05, 4.69) is 43.0 Å². The second kappa shape index (κ2) is 4.34. The highest BCUT2D eigenvalue weighted by Crippen LogP contribution is 2.23. The normalized spacial score (nSPS) is 14.4. The first kappa shape index (κ1) is 12.4. The molecule has 94 valence electrons. The van der Waals surface area contributed by atoms with Gasteiger partial charge in [-0.25, -0.2) is 0 Å². The zero-order chi connectivity index (χ0) is 12.6. The van der Waals surface area contributed by atoms with Gasteiger partial charge in [-0.2, -0.15) is 9.61 Å². The third-order valence-corrected chi connectivity index (χ3v) is 3.59. The largest absolute Gasteiger partial charge is 0.327 e. The molecule has 0 amide bonds. The van der Waals surface area contributed by atoms with E-state index in [0.29, 0.717) is 0 Å². The van der Waals surface area contributed by atoms with Crippen LogP contribution in [0.25, 0.3) is 4.96 Å². The van der Waals surface area contributed by atoms with Crippen molar-refractivity contribution in [2.24, 2.45) is 5.73 Å². The lowest BCUT2D eigenvalue weighted by molar-refractivity contribution is 0.525. The molecule has 0 bridgehead atoms. The molecular formula is C11H19N5S. The molecule has 2 heterocycles. The Labute approximate surface area is 105 Å². The maximum absolute atomic E-state index is 5.94. The first-order valence-electron chi connectivity index (χ1n) is 5.89. The standard InChI is InChI=1S/C11H19N5S/c1-5-7(12)6-8-15-16-9(11(2,3)4)13-14-10(16)17-8/h7H,5-6,12H2,1-4H3. The summed E-state index contributed by atoms with van der Waals surface area (Å²) in [5.74, 6) is 0.903. The quantitative estimate of drug-likeness (QED) is 0.905. The molecule has 2 aromatic heterocycles. The van der Waals surface area contributed by atoms with Crippen molar-refractivity contribution in [3.05, 3.63) is 10.8 Å². The summed E-state index contributed by atoms with van der Waals surface area (Å²) in [6.07, 6.45) is 1.78. The van der Waals surface area contributed by atoms with Crippen LogP contribution in [0.2, 0.25) is 0 Å². The van der Waals surface area contributed by atoms with Crippen molar-refractivity contribution >= 4 is 16.3 Å². The van der Waals surface area contributed by atoms with Gasteiger partial charge in [0.25, 0.3) is 0 Å². The molecule has 0 saturated carbocycles. The average Bonchev–Trinajstić information content (AvgIpc) is 2.74. The molecule has 0 aliphatic carbocycles. The SMILES string of the molecule is CCC(N)Cc1nn2c(C(C)(C)C)nnc2s1. The molecule has 17 heavy (non-hydrogen) atoms. The molecule has 0 radical (unpaired) electrons. The molecule has 6 heteroatoms. The van der Waals surface area contributed by atoms with Crippen LogP contribution in [0.1, 0.15) is 44.9 Å². The Morgan fingerprint density at radius 1 is 1.35 bits per heavy atom. The zero-order valence-electron chi connectivity index (χ0n) is 10.8. The van der Waals surface area contributed by atoms with Crippen LogP contribution < -0.4 is 5.73 Å². The van der Waals surface area contributed by atoms with Gasteiger partial charge in [0.15, 0.2) is 5.82 Å². The molecule has 2 N–H and O–H groups in total. The van der Waals surface area contributed by atoms with E-state index in [4.69, 9.17) is 5.73 Å². The first-order chi connectivity index (χ1) is 7.91. The molecule has 0 saturated heterocycles. The van der Waals surface area contributed by atoms with Crippen LogP contribution in [0.15, 0.2) is 0 Å². The first-order valence-corrected chi connectivity index (χ1v) is 6.70. The van der Waals surface area contributed by atoms with Crippen molar-refractivity contribution in [3.8, 4) is 0 Å². The van der Waals surface area contributed by atoms with Gasteiger partial charge >= 0.3 is 0 Å². The van der Waals surface area contributed by atoms with Crippen molar-refractivity contribution < 1.29 is 0 Å². The Morgan fingerprint density at radius 3 is 2.65 bits per heavy atom. The average molecular weight is 253 g/mol. The van der Waals surface area contributed by atoms with E-state index >= 15 is 0 Å². The van der Waals surface area contributed by atoms with Gasteiger partial charge in [0.2, 0.25) is 4.96 Å². The topological polar surface area (TPSA) is 69.1 Å². The van der Waals surface area contributed by atoms with Gasteiger partial charge in [0, 0.05) is 17.9 Å². The molecule has 0 fully saturated rings. The highest BCUT2D eigenvalue weighted by Gasteiger charge is 2.23. The van der Waals surface area contributed by atoms with E-state index in [-0.39, 0.29) is 11.5 Å². The van der Waals surface area contributed by atoms with E-state index in [0.717, 1.165) is 28.6 Å². The van der Waals surface area contributed by atoms with Crippen LogP contribution in [-0.2, 0) is 11.8 Å². The van der Waals surface area contributed by atoms with Crippen molar-refractivity contribution in [2.45, 2.75) is 52.0 Å². The second-order valence-corrected chi connectivity index (χ2v) is 6.38. The highest BCUT2D eigenvalue weighted by atomic mass is 32.1. The maximum Gasteiger partial charge on any atom is 0.234 e. The summed E-state index contributed by atoms with van der Waals surface area (Å²) < 4.78 is 1.85. The van der Waals surface area contributed by atoms with Crippen LogP contribution in [0, 0.1) is 0 Å². The van der Waals surface area contributed by atoms with E-state index in [1.807, 2.05) is 4.52 Å². The summed E-state index contributed by atoms with van der Waals surface area (Å²) in [5, 5.41) is 14.0. The van der Waals surface area contributed by atoms with Crippen LogP contribution >= 0.6 is 11.3 Å². The van der Waals surface area contributed by atoms with Crippen LogP contribution in [0.4, 0.5) is 0 Å². The molecule has 0 aliphatic heterocycles. The molecule has 1 unspecified atom stereocenters. The Morgan fingerprint density at radius 2 is 2.06 bits per heavy atom. The van der Waals surface area contributed by atoms with Crippen molar-refractivity contribution in [2.75, 3.05) is 0 Å². The molecule has 0 spiro atoms. The second-order valence-electron chi connectivity index (χ2n) is 5.34. The Hall–Kier alpha value is -1.01. The number of nitrogens with zero attached hydrogens (tertiary/aromatic N) is 4. The lowest BCUT2D eigenvalue weighted by atomic mass is 9.96. The van der Waals surface area contributed by atoms with Gasteiger partial charge in [0.1, 0.15) is 5.01 Å². The number of hydrogen-bond acceptors (Lipinski definition) is 5. The summed E-state index contributed by atoms with van der Waals surface area (Å²) in [6, 6.07) is 0.178. The van der Waals surface area contributed by atoms with Crippen molar-refractivity contribution in [3.63, 3.8) is 0 Å². The number of nitrogens with two attached hydrogens (primary N) is 1. The number of hydrogen-bond donors (Lipinski definition) is 1. The van der Waals surface area contributed by atoms with Gasteiger partial charge in [-0.1, -0.05) is 39.0 Å². The van der Waals surface area contributed by atoms with Crippen LogP contribution in [0.5, 0.6) is 0 Å². The van der Waals surface area contributed by atoms with E-state index in [1.165, 1.54) is 0 Å². The van der Waals surface area contributed by atoms with Gasteiger partial charge < -0.3 is 5.73 Å². The van der Waals surface area contributed by atoms with Gasteiger partial charge in [-0.15, -0.1) is 10.2 Å². The minimum Gasteiger partial charge on any atom is -0.327 e. The van der Waals surface area contributed by atoms with E-state index in [1.54, 1.807) is 11.3 Å². The lowest BCUT2D eigenvalue weighted by Gasteiger charge is -2.13. The minimum atomic E-state index is -0.0440. The van der Waals surface area contributed by atoms with E-state index in [9.17, 15) is 0 Å². The zero-order valence-corrected chi connectivity index (χ0v) is 11.6. The molecule has 0 aliphatic rings. The van der Waals surface area contributed by atoms with Gasteiger partial charge in [-0.05, 0) is 6.42 Å². The van der Waals surface area contributed by atoms with Crippen LogP contribution in [-0.4, -0.2) is 25.9 Å². The highest BCUT2D eigenvalue weighted by molar-refractivity contribution is 7.16. The third kappa shape index (κ3) is 2.47. The summed E-state index contributed by atoms with van der Waals surface area (Å²) in [5.41, 5.74) is 5.90. The van der Waals surface area contributed by atoms with Crippen molar-refractivity contribution in [1.29, 1.82) is 0 Å². The molecule has 2 aromatic rings. The molecular weight excluding hydrogens is 234 g/mol. The summed E-state index contributed by atoms with van der Waals surface area (Å²) >= 11 is 1.58. The number of rotatable bonds is 3. The molecule has 5 nitrogen and oxygen atoms in total. The summed E-state index contributed by atoms with van der Waals surface area (Å²) in [6.45, 7) is 8.42. The summed E-state index contributed by atoms with van der Waals surface area (Å²) in [4.78, 5) is 0.855. The minimum absolute atomic E-state index is 0.0440. The van der Waals surface area contributed by atoms with Gasteiger partial charge in [0.05, 0.1) is 0 Å². The Kier molecular flexibility index (Phi) is 3.18. The number of fused-ring (bicyclic) bond motifs is 1. The monoisotopic (exact) mass is 253 g/mol. The van der Waals surface area contributed by atoms with Gasteiger partial charge in [-0.3, -0.25) is 0 Å². The Balaban J connectivity index is 2.35. The van der Waals surface area contributed by atoms with Crippen LogP contribution in [0.3, 0.4) is 0 Å². The molecule has 0 aromatic carbocycles. The molecule has 2 rings (SSSR count). The Bertz CT molecular complexity index is 507. The summed E-state index contributed by atoms with van der Waals surface area (Å²) in [7, 11) is 0. The fourth-order valence-corrected chi connectivity index (χ4v) is 2.50. The predicted octanol–water partition coefficient (Wildman–Crippen LogP) is 1.76. The fourth-order valence-electron chi connectivity index (χ4n) is 1.58. The molecule has 1 atom stereocenters. The van der Waals surface area contributed by atoms with Crippen molar-refractivity contribution in [1.82, 2.24) is 19.8 Å². The fraction of sp³-hybridized carbons (Fsp3) is 0.727. The smallest absolute Gasteiger partial charge is 0.234 e. The maximum atomic E-state index is 5.94. The predicted molar refractivity (Wildman–Crippen MR) is 69.3 cm³/mol. The number of aromatic nitrogens is 4. The third-order valence-electron chi connectivity index (χ3n) is 2.66. The van der Waals surface area contributed by atoms with E-state index < -0.39 is 0 Å². The lowest BCUT2D eigenvalue weighted by Crippen LogP contribution is -2.21.